The van der Waals surface area contributed by atoms with E-state index in [4.69, 9.17) is 15.6 Å². The van der Waals surface area contributed by atoms with E-state index in [1.807, 2.05) is 0 Å². The number of fused-ring (bicyclic) bond motifs is 3. The van der Waals surface area contributed by atoms with E-state index in [1.165, 1.54) is 97.1 Å². The number of nitrogen functional groups attached to an aromatic ring is 1. The summed E-state index contributed by atoms with van der Waals surface area (Å²) in [5.74, 6) is -5.54. The highest BCUT2D eigenvalue weighted by atomic mass is 32.2. The van der Waals surface area contributed by atoms with Crippen molar-refractivity contribution in [2.45, 2.75) is 41.1 Å². The summed E-state index contributed by atoms with van der Waals surface area (Å²) in [5.41, 5.74) is 5.11. The zero-order valence-electron chi connectivity index (χ0n) is 42.0. The van der Waals surface area contributed by atoms with E-state index in [2.05, 4.69) is 9.71 Å². The third-order valence-corrected chi connectivity index (χ3v) is 15.7. The van der Waals surface area contributed by atoms with E-state index in [-0.39, 0.29) is 74.1 Å². The Bertz CT molecular complexity index is 4430. The number of aromatic nitrogens is 2. The van der Waals surface area contributed by atoms with E-state index in [9.17, 15) is 75.8 Å². The predicted molar refractivity (Wildman–Crippen MR) is 288 cm³/mol. The van der Waals surface area contributed by atoms with E-state index in [0.717, 1.165) is 45.8 Å². The number of pyridine rings is 4. The Kier molecular flexibility index (Phi) is 17.1. The molecule has 0 fully saturated rings. The number of anilines is 2. The van der Waals surface area contributed by atoms with Crippen molar-refractivity contribution >= 4 is 73.9 Å². The van der Waals surface area contributed by atoms with Crippen molar-refractivity contribution in [1.29, 1.82) is 0 Å². The summed E-state index contributed by atoms with van der Waals surface area (Å²) in [7, 11) is -15.0. The summed E-state index contributed by atoms with van der Waals surface area (Å²) in [6.45, 7) is 1.57. The molecular formula is C52H46F4N6O14S4. The Morgan fingerprint density at radius 1 is 0.650 bits per heavy atom. The molecule has 0 saturated carbocycles. The zero-order chi connectivity index (χ0) is 58.8. The minimum atomic E-state index is -4.43. The fourth-order valence-electron chi connectivity index (χ4n) is 8.25. The van der Waals surface area contributed by atoms with Gasteiger partial charge < -0.3 is 26.0 Å². The number of esters is 1. The van der Waals surface area contributed by atoms with Crippen LogP contribution in [0.1, 0.15) is 56.2 Å². The number of nitrogens with two attached hydrogens (primary N) is 2. The fourth-order valence-corrected chi connectivity index (χ4v) is 11.7. The van der Waals surface area contributed by atoms with Crippen molar-refractivity contribution in [1.82, 2.24) is 8.80 Å². The van der Waals surface area contributed by atoms with Gasteiger partial charge in [0.15, 0.2) is 31.1 Å². The van der Waals surface area contributed by atoms with Crippen LogP contribution >= 0.6 is 0 Å². The summed E-state index contributed by atoms with van der Waals surface area (Å²) < 4.78 is 158. The SMILES string of the molecule is CCOC(=O)c1c(O)c(Cc2ccc(F)cc2)c2ccc(F)cn2c1=O.CS(=O)(=O)Cc1ccc(N)c(S(N)(=O)=O)c1.CS(=O)(=O)Cc1ccc2c(c1)S(=O)(=O)N=C(c1c(O)c(Cc3ccc(F)cc3)c3ccc(F)cn3c1=O)N2. The zero-order valence-corrected chi connectivity index (χ0v) is 45.3. The lowest BCUT2D eigenvalue weighted by atomic mass is 10.00. The van der Waals surface area contributed by atoms with Gasteiger partial charge in [-0.3, -0.25) is 18.4 Å². The predicted octanol–water partition coefficient (Wildman–Crippen LogP) is 5.49. The number of hydrogen-bond acceptors (Lipinski definition) is 16. The van der Waals surface area contributed by atoms with Gasteiger partial charge in [-0.25, -0.2) is 52.7 Å². The minimum Gasteiger partial charge on any atom is -0.507 e. The lowest BCUT2D eigenvalue weighted by Crippen LogP contribution is -2.31. The first kappa shape index (κ1) is 59.2. The molecule has 20 nitrogen and oxygen atoms in total. The molecular weight excluding hydrogens is 1140 g/mol. The number of primary sulfonamides is 1. The second-order valence-electron chi connectivity index (χ2n) is 18.0. The number of sulfonamides is 2. The van der Waals surface area contributed by atoms with Crippen LogP contribution in [0.4, 0.5) is 28.9 Å². The van der Waals surface area contributed by atoms with E-state index in [0.29, 0.717) is 16.7 Å². The largest absolute Gasteiger partial charge is 0.507 e. The molecule has 0 radical (unpaired) electrons. The Labute approximate surface area is 453 Å². The first-order valence-corrected chi connectivity index (χ1v) is 30.2. The van der Waals surface area contributed by atoms with Crippen LogP contribution in [0.5, 0.6) is 11.5 Å². The van der Waals surface area contributed by atoms with Crippen LogP contribution in [0.3, 0.4) is 0 Å². The second-order valence-corrected chi connectivity index (χ2v) is 25.4. The number of rotatable bonds is 12. The molecule has 4 aromatic carbocycles. The Balaban J connectivity index is 0.000000190. The van der Waals surface area contributed by atoms with E-state index >= 15 is 0 Å². The molecule has 9 rings (SSSR count). The number of amidine groups is 1. The number of carbonyl (C=O) groups excluding carboxylic acids is 1. The molecule has 0 aliphatic carbocycles. The van der Waals surface area contributed by atoms with Gasteiger partial charge in [-0.2, -0.15) is 8.42 Å². The Morgan fingerprint density at radius 2 is 1.10 bits per heavy atom. The summed E-state index contributed by atoms with van der Waals surface area (Å²) in [4.78, 5) is 37.5. The van der Waals surface area contributed by atoms with Gasteiger partial charge in [0.25, 0.3) is 21.1 Å². The van der Waals surface area contributed by atoms with Gasteiger partial charge in [-0.15, -0.1) is 4.40 Å². The number of nitrogens with one attached hydrogen (secondary N) is 1. The van der Waals surface area contributed by atoms with Gasteiger partial charge in [-0.05, 0) is 102 Å². The number of ether oxygens (including phenoxy) is 1. The quantitative estimate of drug-likeness (QED) is 0.0573. The molecule has 0 unspecified atom stereocenters. The number of halogens is 4. The normalized spacial score (nSPS) is 13.0. The third-order valence-electron chi connectivity index (χ3n) is 11.7. The van der Waals surface area contributed by atoms with Crippen molar-refractivity contribution < 1.29 is 71.0 Å². The van der Waals surface area contributed by atoms with Crippen LogP contribution < -0.4 is 27.3 Å². The maximum Gasteiger partial charge on any atom is 0.347 e. The van der Waals surface area contributed by atoms with Crippen LogP contribution in [0.2, 0.25) is 0 Å². The minimum absolute atomic E-state index is 0.00000564. The molecule has 420 valence electrons. The molecule has 80 heavy (non-hydrogen) atoms. The molecule has 0 saturated heterocycles. The molecule has 4 aromatic heterocycles. The van der Waals surface area contributed by atoms with Crippen molar-refractivity contribution in [3.8, 4) is 11.5 Å². The second kappa shape index (κ2) is 23.1. The molecule has 1 aliphatic heterocycles. The summed E-state index contributed by atoms with van der Waals surface area (Å²) in [6.07, 6.45) is 4.01. The number of hydrogen-bond donors (Lipinski definition) is 5. The summed E-state index contributed by atoms with van der Waals surface area (Å²) in [5, 5.41) is 29.5. The first-order valence-electron chi connectivity index (χ1n) is 23.1. The molecule has 0 bridgehead atoms. The van der Waals surface area contributed by atoms with Gasteiger partial charge in [0.1, 0.15) is 50.1 Å². The van der Waals surface area contributed by atoms with Gasteiger partial charge in [0.2, 0.25) is 10.0 Å². The van der Waals surface area contributed by atoms with Crippen LogP contribution in [-0.2, 0) is 68.8 Å². The molecule has 0 spiro atoms. The standard InChI is InChI=1S/C25H19F2N3O6S2.C19H15F2NO4.C8H12N2O4S2/c1-37(33,34)13-15-4-8-19-21(11-15)38(35,36)29-24(28-19)22-23(31)18(10-14-2-5-16(26)6-3-14)20-9-7-17(27)12-30(20)25(22)32;1-2-26-19(25)16-17(23)14(9-11-3-5-12(20)6-4-11)15-8-7-13(21)10-22(15)18(16)24;1-15(11,12)5-6-2-3-7(9)8(4-6)16(10,13)14/h2-9,11-12,31H,10,13H2,1H3,(H,28,29);3-8,10,23H,2,9H2,1H3;2-4H,5,9H2,1H3,(H2,10,13,14). The highest BCUT2D eigenvalue weighted by molar-refractivity contribution is 7.91. The topological polar surface area (TPSA) is 323 Å². The van der Waals surface area contributed by atoms with Gasteiger partial charge in [0.05, 0.1) is 40.5 Å². The maximum absolute atomic E-state index is 14.1. The van der Waals surface area contributed by atoms with Crippen LogP contribution in [0.25, 0.3) is 11.0 Å². The molecule has 1 aliphatic rings. The lowest BCUT2D eigenvalue weighted by Gasteiger charge is -2.21. The Hall–Kier alpha value is -8.44. The van der Waals surface area contributed by atoms with Crippen molar-refractivity contribution in [2.24, 2.45) is 9.54 Å². The number of sulfone groups is 2. The van der Waals surface area contributed by atoms with Crippen molar-refractivity contribution in [2.75, 3.05) is 30.2 Å². The molecule has 28 heteroatoms. The fraction of sp³-hybridized carbons (Fsp3) is 0.154. The van der Waals surface area contributed by atoms with Crippen molar-refractivity contribution in [3.63, 3.8) is 0 Å². The van der Waals surface area contributed by atoms with Gasteiger partial charge >= 0.3 is 5.97 Å². The average molecular weight is 1180 g/mol. The van der Waals surface area contributed by atoms with Gasteiger partial charge in [-0.1, -0.05) is 36.4 Å². The van der Waals surface area contributed by atoms with Crippen molar-refractivity contribution in [3.05, 3.63) is 210 Å². The number of carbonyl (C=O) groups is 1. The van der Waals surface area contributed by atoms with Crippen LogP contribution in [0, 0.1) is 23.3 Å². The number of nitrogens with zero attached hydrogens (tertiary/aromatic N) is 3. The lowest BCUT2D eigenvalue weighted by molar-refractivity contribution is 0.0520. The first-order chi connectivity index (χ1) is 37.3. The third kappa shape index (κ3) is 13.9. The van der Waals surface area contributed by atoms with Crippen LogP contribution in [0.15, 0.2) is 145 Å². The molecule has 7 N–H and O–H groups in total. The highest BCUT2D eigenvalue weighted by Crippen LogP contribution is 2.34. The van der Waals surface area contributed by atoms with Crippen LogP contribution in [-0.4, -0.2) is 83.6 Å². The maximum atomic E-state index is 14.1. The van der Waals surface area contributed by atoms with E-state index < -0.39 is 114 Å². The smallest absolute Gasteiger partial charge is 0.347 e. The summed E-state index contributed by atoms with van der Waals surface area (Å²) in [6, 6.07) is 23.7. The monoisotopic (exact) mass is 1180 g/mol. The summed E-state index contributed by atoms with van der Waals surface area (Å²) >= 11 is 0. The Morgan fingerprint density at radius 3 is 1.59 bits per heavy atom. The van der Waals surface area contributed by atoms with E-state index in [1.54, 1.807) is 6.92 Å². The molecule has 0 atom stereocenters. The molecule has 5 heterocycles. The highest BCUT2D eigenvalue weighted by Gasteiger charge is 2.31. The average Bonchev–Trinajstić information content (AvgIpc) is 3.35. The number of benzene rings is 4. The molecule has 8 aromatic rings. The van der Waals surface area contributed by atoms with Gasteiger partial charge in [0, 0.05) is 48.9 Å². The molecule has 0 amide bonds. The number of aromatic hydroxyl groups is 2.